The summed E-state index contributed by atoms with van der Waals surface area (Å²) < 4.78 is 63.8. The van der Waals surface area contributed by atoms with E-state index < -0.39 is 22.6 Å². The van der Waals surface area contributed by atoms with Crippen LogP contribution in [0.2, 0.25) is 0 Å². The van der Waals surface area contributed by atoms with Gasteiger partial charge < -0.3 is 15.4 Å². The summed E-state index contributed by atoms with van der Waals surface area (Å²) in [5.74, 6) is 0.628. The number of hydrogen-bond acceptors (Lipinski definition) is 4. The van der Waals surface area contributed by atoms with Crippen LogP contribution in [0.3, 0.4) is 0 Å². The van der Waals surface area contributed by atoms with Crippen molar-refractivity contribution < 1.29 is 26.3 Å². The summed E-state index contributed by atoms with van der Waals surface area (Å²) in [6.45, 7) is 3.35. The molecule has 2 N–H and O–H groups in total. The van der Waals surface area contributed by atoms with E-state index in [1.807, 2.05) is 6.92 Å². The van der Waals surface area contributed by atoms with Gasteiger partial charge in [0.2, 0.25) is 0 Å². The molecule has 0 aliphatic carbocycles. The Balaban J connectivity index is 2.53. The SMILES string of the molecule is CCNC(=NCc1ccc(COCC(F)(F)F)cc1)NCCS(=O)(=O)CC. The first-order valence-corrected chi connectivity index (χ1v) is 10.4. The van der Waals surface area contributed by atoms with E-state index in [2.05, 4.69) is 20.4 Å². The van der Waals surface area contributed by atoms with Crippen LogP contribution >= 0.6 is 0 Å². The Morgan fingerprint density at radius 3 is 2.30 bits per heavy atom. The monoisotopic (exact) mass is 409 g/mol. The lowest BCUT2D eigenvalue weighted by molar-refractivity contribution is -0.176. The van der Waals surface area contributed by atoms with Crippen LogP contribution < -0.4 is 10.6 Å². The van der Waals surface area contributed by atoms with Gasteiger partial charge in [0, 0.05) is 18.8 Å². The van der Waals surface area contributed by atoms with Gasteiger partial charge in [-0.2, -0.15) is 13.2 Å². The van der Waals surface area contributed by atoms with Crippen LogP contribution in [0, 0.1) is 0 Å². The highest BCUT2D eigenvalue weighted by atomic mass is 32.2. The predicted molar refractivity (Wildman–Crippen MR) is 99.3 cm³/mol. The Labute approximate surface area is 158 Å². The van der Waals surface area contributed by atoms with Gasteiger partial charge in [-0.15, -0.1) is 0 Å². The molecule has 6 nitrogen and oxygen atoms in total. The molecule has 0 fully saturated rings. The van der Waals surface area contributed by atoms with Crippen molar-refractivity contribution in [1.82, 2.24) is 10.6 Å². The van der Waals surface area contributed by atoms with E-state index in [0.717, 1.165) is 5.56 Å². The summed E-state index contributed by atoms with van der Waals surface area (Å²) in [4.78, 5) is 4.37. The maximum Gasteiger partial charge on any atom is 0.411 e. The molecule has 0 saturated carbocycles. The number of hydrogen-bond donors (Lipinski definition) is 2. The largest absolute Gasteiger partial charge is 0.411 e. The van der Waals surface area contributed by atoms with E-state index in [9.17, 15) is 21.6 Å². The molecule has 0 aliphatic heterocycles. The average molecular weight is 409 g/mol. The molecule has 0 bridgehead atoms. The first-order valence-electron chi connectivity index (χ1n) is 8.60. The fraction of sp³-hybridized carbons (Fsp3) is 0.588. The van der Waals surface area contributed by atoms with Crippen LogP contribution in [0.15, 0.2) is 29.3 Å². The molecule has 154 valence electrons. The van der Waals surface area contributed by atoms with E-state index in [-0.39, 0.29) is 24.7 Å². The molecule has 1 rings (SSSR count). The van der Waals surface area contributed by atoms with Crippen molar-refractivity contribution in [1.29, 1.82) is 0 Å². The lowest BCUT2D eigenvalue weighted by atomic mass is 10.1. The molecule has 0 radical (unpaired) electrons. The molecule has 1 aromatic rings. The second kappa shape index (κ2) is 11.1. The van der Waals surface area contributed by atoms with Crippen molar-refractivity contribution in [2.24, 2.45) is 4.99 Å². The fourth-order valence-corrected chi connectivity index (χ4v) is 2.71. The second-order valence-electron chi connectivity index (χ2n) is 5.78. The van der Waals surface area contributed by atoms with Crippen LogP contribution in [0.1, 0.15) is 25.0 Å². The molecule has 10 heteroatoms. The minimum Gasteiger partial charge on any atom is -0.367 e. The molecule has 0 spiro atoms. The Hall–Kier alpha value is -1.81. The highest BCUT2D eigenvalue weighted by Gasteiger charge is 2.27. The third-order valence-electron chi connectivity index (χ3n) is 3.47. The van der Waals surface area contributed by atoms with Crippen LogP contribution in [-0.2, 0) is 27.7 Å². The average Bonchev–Trinajstić information content (AvgIpc) is 2.59. The summed E-state index contributed by atoms with van der Waals surface area (Å²) >= 11 is 0. The molecule has 0 amide bonds. The minimum atomic E-state index is -4.33. The van der Waals surface area contributed by atoms with Crippen molar-refractivity contribution in [3.05, 3.63) is 35.4 Å². The number of benzene rings is 1. The molecule has 0 atom stereocenters. The number of nitrogens with one attached hydrogen (secondary N) is 2. The number of alkyl halides is 3. The van der Waals surface area contributed by atoms with Crippen LogP contribution in [0.5, 0.6) is 0 Å². The lowest BCUT2D eigenvalue weighted by Gasteiger charge is -2.11. The number of ether oxygens (including phenoxy) is 1. The number of rotatable bonds is 10. The molecule has 0 heterocycles. The quantitative estimate of drug-likeness (QED) is 0.458. The van der Waals surface area contributed by atoms with Crippen molar-refractivity contribution in [3.8, 4) is 0 Å². The first-order chi connectivity index (χ1) is 12.6. The third kappa shape index (κ3) is 10.8. The lowest BCUT2D eigenvalue weighted by Crippen LogP contribution is -2.39. The third-order valence-corrected chi connectivity index (χ3v) is 5.17. The van der Waals surface area contributed by atoms with E-state index in [4.69, 9.17) is 0 Å². The molecular weight excluding hydrogens is 383 g/mol. The maximum atomic E-state index is 12.1. The molecular formula is C17H26F3N3O3S. The molecule has 1 aromatic carbocycles. The van der Waals surface area contributed by atoms with Gasteiger partial charge >= 0.3 is 6.18 Å². The van der Waals surface area contributed by atoms with E-state index in [1.54, 1.807) is 31.2 Å². The van der Waals surface area contributed by atoms with Crippen molar-refractivity contribution >= 4 is 15.8 Å². The van der Waals surface area contributed by atoms with Gasteiger partial charge in [-0.1, -0.05) is 31.2 Å². The Kier molecular flexibility index (Phi) is 9.57. The normalized spacial score (nSPS) is 12.9. The van der Waals surface area contributed by atoms with Gasteiger partial charge in [-0.05, 0) is 18.1 Å². The fourth-order valence-electron chi connectivity index (χ4n) is 2.01. The smallest absolute Gasteiger partial charge is 0.367 e. The first kappa shape index (κ1) is 23.2. The predicted octanol–water partition coefficient (Wildman–Crippen LogP) is 2.26. The number of nitrogens with zero attached hydrogens (tertiary/aromatic N) is 1. The highest BCUT2D eigenvalue weighted by Crippen LogP contribution is 2.16. The summed E-state index contributed by atoms with van der Waals surface area (Å²) in [6.07, 6.45) is -4.33. The molecule has 0 aromatic heterocycles. The van der Waals surface area contributed by atoms with Crippen molar-refractivity contribution in [2.45, 2.75) is 33.2 Å². The Morgan fingerprint density at radius 2 is 1.74 bits per heavy atom. The van der Waals surface area contributed by atoms with Gasteiger partial charge in [0.25, 0.3) is 0 Å². The Bertz CT molecular complexity index is 690. The van der Waals surface area contributed by atoms with Gasteiger partial charge in [-0.3, -0.25) is 0 Å². The van der Waals surface area contributed by atoms with E-state index >= 15 is 0 Å². The zero-order valence-electron chi connectivity index (χ0n) is 15.5. The topological polar surface area (TPSA) is 79.8 Å². The highest BCUT2D eigenvalue weighted by molar-refractivity contribution is 7.91. The zero-order chi connectivity index (χ0) is 20.3. The molecule has 0 saturated heterocycles. The standard InChI is InChI=1S/C17H26F3N3O3S/c1-3-21-16(22-9-10-27(24,25)4-2)23-11-14-5-7-15(8-6-14)12-26-13-17(18,19)20/h5-8H,3-4,9-13H2,1-2H3,(H2,21,22,23). The number of aliphatic imine (C=N–C) groups is 1. The summed E-state index contributed by atoms with van der Waals surface area (Å²) in [7, 11) is -3.05. The van der Waals surface area contributed by atoms with Gasteiger partial charge in [-0.25, -0.2) is 13.4 Å². The van der Waals surface area contributed by atoms with Crippen LogP contribution in [-0.4, -0.2) is 51.8 Å². The summed E-state index contributed by atoms with van der Waals surface area (Å²) in [6, 6.07) is 6.91. The van der Waals surface area contributed by atoms with Crippen molar-refractivity contribution in [2.75, 3.05) is 31.2 Å². The van der Waals surface area contributed by atoms with Gasteiger partial charge in [0.05, 0.1) is 18.9 Å². The van der Waals surface area contributed by atoms with Crippen LogP contribution in [0.25, 0.3) is 0 Å². The second-order valence-corrected chi connectivity index (χ2v) is 8.26. The van der Waals surface area contributed by atoms with E-state index in [1.165, 1.54) is 0 Å². The summed E-state index contributed by atoms with van der Waals surface area (Å²) in [5, 5.41) is 6.00. The molecule has 0 unspecified atom stereocenters. The number of halogens is 3. The van der Waals surface area contributed by atoms with Crippen LogP contribution in [0.4, 0.5) is 13.2 Å². The molecule has 27 heavy (non-hydrogen) atoms. The minimum absolute atomic E-state index is 0.0283. The Morgan fingerprint density at radius 1 is 1.11 bits per heavy atom. The summed E-state index contributed by atoms with van der Waals surface area (Å²) in [5.41, 5.74) is 1.51. The maximum absolute atomic E-state index is 12.1. The van der Waals surface area contributed by atoms with Gasteiger partial charge in [0.15, 0.2) is 15.8 Å². The van der Waals surface area contributed by atoms with Gasteiger partial charge in [0.1, 0.15) is 6.61 Å². The van der Waals surface area contributed by atoms with E-state index in [0.29, 0.717) is 24.6 Å². The zero-order valence-corrected chi connectivity index (χ0v) is 16.3. The van der Waals surface area contributed by atoms with Crippen molar-refractivity contribution in [3.63, 3.8) is 0 Å². The number of guanidine groups is 1. The molecule has 0 aliphatic rings. The number of sulfone groups is 1.